The highest BCUT2D eigenvalue weighted by atomic mass is 32.1. The second-order valence-corrected chi connectivity index (χ2v) is 7.40. The number of halogens is 1. The average molecular weight is 394 g/mol. The number of methoxy groups -OCH3 is 1. The lowest BCUT2D eigenvalue weighted by Gasteiger charge is -2.12. The summed E-state index contributed by atoms with van der Waals surface area (Å²) in [7, 11) is 1.61. The number of benzene rings is 2. The summed E-state index contributed by atoms with van der Waals surface area (Å²) in [6.07, 6.45) is 0. The van der Waals surface area contributed by atoms with E-state index in [1.165, 1.54) is 12.1 Å². The number of carbonyl (C=O) groups excluding carboxylic acids is 1. The molecule has 0 atom stereocenters. The molecule has 0 bridgehead atoms. The van der Waals surface area contributed by atoms with Gasteiger partial charge in [-0.1, -0.05) is 24.3 Å². The molecule has 0 radical (unpaired) electrons. The Hall–Kier alpha value is -3.12. The summed E-state index contributed by atoms with van der Waals surface area (Å²) in [6, 6.07) is 17.9. The van der Waals surface area contributed by atoms with E-state index in [0.29, 0.717) is 18.8 Å². The SMILES string of the molecule is COc1cccc(CNC(=O)c2cc3sccc3n2Cc2cccc(F)c2)c1. The van der Waals surface area contributed by atoms with Gasteiger partial charge >= 0.3 is 0 Å². The van der Waals surface area contributed by atoms with Crippen LogP contribution in [0.1, 0.15) is 21.6 Å². The number of hydrogen-bond donors (Lipinski definition) is 1. The first-order valence-electron chi connectivity index (χ1n) is 8.86. The Balaban J connectivity index is 1.58. The molecule has 0 unspecified atom stereocenters. The Labute approximate surface area is 166 Å². The molecule has 0 aliphatic carbocycles. The largest absolute Gasteiger partial charge is 0.497 e. The summed E-state index contributed by atoms with van der Waals surface area (Å²) in [6.45, 7) is 0.828. The van der Waals surface area contributed by atoms with Crippen LogP contribution in [0.5, 0.6) is 5.75 Å². The van der Waals surface area contributed by atoms with Gasteiger partial charge in [0.05, 0.1) is 17.3 Å². The van der Waals surface area contributed by atoms with Crippen molar-refractivity contribution in [3.05, 3.63) is 88.7 Å². The first-order chi connectivity index (χ1) is 13.6. The number of hydrogen-bond acceptors (Lipinski definition) is 3. The lowest BCUT2D eigenvalue weighted by atomic mass is 10.2. The number of ether oxygens (including phenoxy) is 1. The van der Waals surface area contributed by atoms with Crippen molar-refractivity contribution in [3.63, 3.8) is 0 Å². The average Bonchev–Trinajstić information content (AvgIpc) is 3.29. The van der Waals surface area contributed by atoms with Crippen LogP contribution in [0.15, 0.2) is 66.0 Å². The van der Waals surface area contributed by atoms with Gasteiger partial charge in [-0.2, -0.15) is 0 Å². The minimum Gasteiger partial charge on any atom is -0.497 e. The molecular formula is C22H19FN2O2S. The Morgan fingerprint density at radius 3 is 2.75 bits per heavy atom. The maximum atomic E-state index is 13.6. The fourth-order valence-electron chi connectivity index (χ4n) is 3.21. The topological polar surface area (TPSA) is 43.3 Å². The number of amides is 1. The maximum Gasteiger partial charge on any atom is 0.268 e. The molecule has 1 amide bonds. The fourth-order valence-corrected chi connectivity index (χ4v) is 4.03. The van der Waals surface area contributed by atoms with Gasteiger partial charge in [-0.3, -0.25) is 4.79 Å². The molecule has 2 aromatic carbocycles. The van der Waals surface area contributed by atoms with Crippen LogP contribution in [0, 0.1) is 5.82 Å². The predicted octanol–water partition coefficient (Wildman–Crippen LogP) is 4.83. The second kappa shape index (κ2) is 7.86. The normalized spacial score (nSPS) is 10.9. The number of rotatable bonds is 6. The third kappa shape index (κ3) is 3.77. The quantitative estimate of drug-likeness (QED) is 0.509. The van der Waals surface area contributed by atoms with Gasteiger partial charge in [-0.05, 0) is 52.9 Å². The van der Waals surface area contributed by atoms with E-state index in [1.54, 1.807) is 24.5 Å². The molecule has 4 rings (SSSR count). The lowest BCUT2D eigenvalue weighted by molar-refractivity contribution is 0.0942. The number of thiophene rings is 1. The molecule has 4 nitrogen and oxygen atoms in total. The van der Waals surface area contributed by atoms with Crippen molar-refractivity contribution in [2.24, 2.45) is 0 Å². The van der Waals surface area contributed by atoms with Crippen molar-refractivity contribution in [2.75, 3.05) is 7.11 Å². The summed E-state index contributed by atoms with van der Waals surface area (Å²) < 4.78 is 21.8. The van der Waals surface area contributed by atoms with Crippen LogP contribution in [0.4, 0.5) is 4.39 Å². The Kier molecular flexibility index (Phi) is 5.12. The first kappa shape index (κ1) is 18.3. The molecular weight excluding hydrogens is 375 g/mol. The molecule has 0 saturated carbocycles. The van der Waals surface area contributed by atoms with Gasteiger partial charge in [0.15, 0.2) is 0 Å². The van der Waals surface area contributed by atoms with Gasteiger partial charge in [-0.25, -0.2) is 4.39 Å². The van der Waals surface area contributed by atoms with Crippen LogP contribution in [0.3, 0.4) is 0 Å². The molecule has 4 aromatic rings. The summed E-state index contributed by atoms with van der Waals surface area (Å²) in [5.74, 6) is 0.305. The molecule has 0 fully saturated rings. The predicted molar refractivity (Wildman–Crippen MR) is 109 cm³/mol. The van der Waals surface area contributed by atoms with E-state index in [0.717, 1.165) is 27.1 Å². The summed E-state index contributed by atoms with van der Waals surface area (Å²) in [4.78, 5) is 12.9. The highest BCUT2D eigenvalue weighted by Gasteiger charge is 2.17. The van der Waals surface area contributed by atoms with Gasteiger partial charge in [0.1, 0.15) is 17.3 Å². The standard InChI is InChI=1S/C22H19FN2O2S/c1-27-18-7-3-4-15(11-18)13-24-22(26)20-12-21-19(8-9-28-21)25(20)14-16-5-2-6-17(23)10-16/h2-12H,13-14H2,1H3,(H,24,26). The number of fused-ring (bicyclic) bond motifs is 1. The Bertz CT molecular complexity index is 1130. The van der Waals surface area contributed by atoms with Crippen LogP contribution in [-0.2, 0) is 13.1 Å². The zero-order valence-electron chi connectivity index (χ0n) is 15.3. The molecule has 28 heavy (non-hydrogen) atoms. The molecule has 1 N–H and O–H groups in total. The van der Waals surface area contributed by atoms with Gasteiger partial charge < -0.3 is 14.6 Å². The minimum absolute atomic E-state index is 0.164. The van der Waals surface area contributed by atoms with Gasteiger partial charge in [0, 0.05) is 13.1 Å². The first-order valence-corrected chi connectivity index (χ1v) is 9.74. The summed E-state index contributed by atoms with van der Waals surface area (Å²) in [5.41, 5.74) is 3.30. The molecule has 142 valence electrons. The zero-order chi connectivity index (χ0) is 19.5. The molecule has 0 aliphatic heterocycles. The van der Waals surface area contributed by atoms with Crippen molar-refractivity contribution < 1.29 is 13.9 Å². The van der Waals surface area contributed by atoms with Crippen molar-refractivity contribution in [1.29, 1.82) is 0 Å². The van der Waals surface area contributed by atoms with Crippen LogP contribution in [0.25, 0.3) is 10.2 Å². The smallest absolute Gasteiger partial charge is 0.268 e. The number of nitrogens with zero attached hydrogens (tertiary/aromatic N) is 1. The van der Waals surface area contributed by atoms with Gasteiger partial charge in [0.25, 0.3) is 5.91 Å². The second-order valence-electron chi connectivity index (χ2n) is 6.45. The fraction of sp³-hybridized carbons (Fsp3) is 0.136. The third-order valence-electron chi connectivity index (χ3n) is 4.57. The highest BCUT2D eigenvalue weighted by molar-refractivity contribution is 7.17. The van der Waals surface area contributed by atoms with Crippen LogP contribution in [0.2, 0.25) is 0 Å². The van der Waals surface area contributed by atoms with Gasteiger partial charge in [-0.15, -0.1) is 11.3 Å². The van der Waals surface area contributed by atoms with E-state index in [2.05, 4.69) is 5.32 Å². The number of nitrogens with one attached hydrogen (secondary N) is 1. The molecule has 0 aliphatic rings. The number of aromatic nitrogens is 1. The lowest BCUT2D eigenvalue weighted by Crippen LogP contribution is -2.25. The molecule has 2 aromatic heterocycles. The Morgan fingerprint density at radius 1 is 1.11 bits per heavy atom. The monoisotopic (exact) mass is 394 g/mol. The van der Waals surface area contributed by atoms with Crippen molar-refractivity contribution in [3.8, 4) is 5.75 Å². The van der Waals surface area contributed by atoms with E-state index in [-0.39, 0.29) is 11.7 Å². The van der Waals surface area contributed by atoms with E-state index in [9.17, 15) is 9.18 Å². The maximum absolute atomic E-state index is 13.6. The zero-order valence-corrected chi connectivity index (χ0v) is 16.1. The van der Waals surface area contributed by atoms with Crippen molar-refractivity contribution >= 4 is 27.5 Å². The van der Waals surface area contributed by atoms with Crippen LogP contribution < -0.4 is 10.1 Å². The van der Waals surface area contributed by atoms with Gasteiger partial charge in [0.2, 0.25) is 0 Å². The van der Waals surface area contributed by atoms with Crippen molar-refractivity contribution in [2.45, 2.75) is 13.1 Å². The molecule has 0 spiro atoms. The number of carbonyl (C=O) groups is 1. The Morgan fingerprint density at radius 2 is 1.93 bits per heavy atom. The summed E-state index contributed by atoms with van der Waals surface area (Å²) >= 11 is 1.58. The van der Waals surface area contributed by atoms with Crippen LogP contribution >= 0.6 is 11.3 Å². The third-order valence-corrected chi connectivity index (χ3v) is 5.43. The minimum atomic E-state index is -0.282. The highest BCUT2D eigenvalue weighted by Crippen LogP contribution is 2.26. The van der Waals surface area contributed by atoms with E-state index in [1.807, 2.05) is 52.4 Å². The van der Waals surface area contributed by atoms with E-state index >= 15 is 0 Å². The molecule has 2 heterocycles. The van der Waals surface area contributed by atoms with E-state index < -0.39 is 0 Å². The summed E-state index contributed by atoms with van der Waals surface area (Å²) in [5, 5.41) is 4.96. The van der Waals surface area contributed by atoms with Crippen LogP contribution in [-0.4, -0.2) is 17.6 Å². The van der Waals surface area contributed by atoms with Crippen molar-refractivity contribution in [1.82, 2.24) is 9.88 Å². The molecule has 6 heteroatoms. The van der Waals surface area contributed by atoms with E-state index in [4.69, 9.17) is 4.74 Å². The molecule has 0 saturated heterocycles.